The van der Waals surface area contributed by atoms with Crippen LogP contribution >= 0.6 is 11.3 Å². The second kappa shape index (κ2) is 9.51. The number of piperazine rings is 1. The zero-order chi connectivity index (χ0) is 22.8. The van der Waals surface area contributed by atoms with Crippen molar-refractivity contribution in [3.05, 3.63) is 58.7 Å². The summed E-state index contributed by atoms with van der Waals surface area (Å²) >= 11 is 1.54. The summed E-state index contributed by atoms with van der Waals surface area (Å²) in [5.74, 6) is 1.04. The average Bonchev–Trinajstić information content (AvgIpc) is 3.37. The summed E-state index contributed by atoms with van der Waals surface area (Å²) in [7, 11) is 0. The SMILES string of the molecule is Cc1cccc(N2CCN(C(=O)c3csc(-c4ccnc(N5CCCCC5)c4)n3)CC2)c1C. The number of benzene rings is 1. The Hall–Kier alpha value is -2.93. The molecule has 2 aliphatic heterocycles. The monoisotopic (exact) mass is 461 g/mol. The fourth-order valence-corrected chi connectivity index (χ4v) is 5.53. The van der Waals surface area contributed by atoms with Gasteiger partial charge in [0.1, 0.15) is 16.5 Å². The number of anilines is 2. The Balaban J connectivity index is 1.25. The molecule has 0 unspecified atom stereocenters. The van der Waals surface area contributed by atoms with Crippen molar-refractivity contribution in [3.8, 4) is 10.6 Å². The molecule has 2 aliphatic rings. The first-order valence-electron chi connectivity index (χ1n) is 11.9. The van der Waals surface area contributed by atoms with Crippen LogP contribution in [0.5, 0.6) is 0 Å². The summed E-state index contributed by atoms with van der Waals surface area (Å²) in [5.41, 5.74) is 5.49. The number of nitrogens with zero attached hydrogens (tertiary/aromatic N) is 5. The molecular formula is C26H31N5OS. The third-order valence-electron chi connectivity index (χ3n) is 6.88. The molecule has 2 fully saturated rings. The highest BCUT2D eigenvalue weighted by Gasteiger charge is 2.25. The van der Waals surface area contributed by atoms with Crippen LogP contribution in [0, 0.1) is 13.8 Å². The maximum Gasteiger partial charge on any atom is 0.273 e. The largest absolute Gasteiger partial charge is 0.368 e. The maximum atomic E-state index is 13.2. The third kappa shape index (κ3) is 4.60. The number of thiazole rings is 1. The molecule has 0 bridgehead atoms. The van der Waals surface area contributed by atoms with E-state index >= 15 is 0 Å². The summed E-state index contributed by atoms with van der Waals surface area (Å²) in [4.78, 5) is 29.1. The third-order valence-corrected chi connectivity index (χ3v) is 7.77. The number of rotatable bonds is 4. The number of amides is 1. The van der Waals surface area contributed by atoms with E-state index in [2.05, 4.69) is 52.9 Å². The zero-order valence-electron chi connectivity index (χ0n) is 19.5. The van der Waals surface area contributed by atoms with Crippen LogP contribution in [0.2, 0.25) is 0 Å². The summed E-state index contributed by atoms with van der Waals surface area (Å²) in [6, 6.07) is 10.5. The molecule has 7 heteroatoms. The lowest BCUT2D eigenvalue weighted by atomic mass is 10.1. The molecule has 3 aromatic rings. The highest BCUT2D eigenvalue weighted by Crippen LogP contribution is 2.28. The van der Waals surface area contributed by atoms with Gasteiger partial charge < -0.3 is 14.7 Å². The van der Waals surface area contributed by atoms with E-state index in [0.717, 1.165) is 42.6 Å². The molecule has 0 radical (unpaired) electrons. The van der Waals surface area contributed by atoms with Crippen molar-refractivity contribution in [1.29, 1.82) is 0 Å². The minimum absolute atomic E-state index is 0.0309. The molecule has 2 aromatic heterocycles. The summed E-state index contributed by atoms with van der Waals surface area (Å²) < 4.78 is 0. The standard InChI is InChI=1S/C26H31N5OS/c1-19-7-6-8-23(20(19)2)29-13-15-31(16-14-29)26(32)22-18-33-25(28-22)21-9-10-27-24(17-21)30-11-4-3-5-12-30/h6-10,17-18H,3-5,11-16H2,1-2H3. The molecule has 5 rings (SSSR count). The molecule has 0 spiro atoms. The molecular weight excluding hydrogens is 430 g/mol. The Morgan fingerprint density at radius 3 is 2.52 bits per heavy atom. The van der Waals surface area contributed by atoms with Crippen LogP contribution in [0.25, 0.3) is 10.6 Å². The number of aryl methyl sites for hydroxylation is 1. The number of pyridine rings is 1. The van der Waals surface area contributed by atoms with Crippen LogP contribution in [-0.4, -0.2) is 60.0 Å². The van der Waals surface area contributed by atoms with Gasteiger partial charge in [0.2, 0.25) is 0 Å². The van der Waals surface area contributed by atoms with Crippen LogP contribution in [0.15, 0.2) is 41.9 Å². The van der Waals surface area contributed by atoms with E-state index < -0.39 is 0 Å². The summed E-state index contributed by atoms with van der Waals surface area (Å²) in [5, 5.41) is 2.78. The van der Waals surface area contributed by atoms with Gasteiger partial charge >= 0.3 is 0 Å². The first kappa shape index (κ1) is 21.9. The molecule has 0 aliphatic carbocycles. The minimum atomic E-state index is 0.0309. The van der Waals surface area contributed by atoms with E-state index in [1.807, 2.05) is 22.5 Å². The minimum Gasteiger partial charge on any atom is -0.368 e. The Morgan fingerprint density at radius 2 is 1.73 bits per heavy atom. The highest BCUT2D eigenvalue weighted by molar-refractivity contribution is 7.13. The Labute approximate surface area is 199 Å². The Morgan fingerprint density at radius 1 is 0.939 bits per heavy atom. The van der Waals surface area contributed by atoms with Crippen LogP contribution in [-0.2, 0) is 0 Å². The van der Waals surface area contributed by atoms with Gasteiger partial charge in [-0.15, -0.1) is 11.3 Å². The quantitative estimate of drug-likeness (QED) is 0.560. The van der Waals surface area contributed by atoms with Gasteiger partial charge in [-0.05, 0) is 62.4 Å². The second-order valence-electron chi connectivity index (χ2n) is 8.99. The normalized spacial score (nSPS) is 16.8. The van der Waals surface area contributed by atoms with Crippen molar-refractivity contribution >= 4 is 28.7 Å². The van der Waals surface area contributed by atoms with Crippen molar-refractivity contribution in [3.63, 3.8) is 0 Å². The predicted octanol–water partition coefficient (Wildman–Crippen LogP) is 4.77. The molecule has 0 atom stereocenters. The molecule has 33 heavy (non-hydrogen) atoms. The zero-order valence-corrected chi connectivity index (χ0v) is 20.3. The van der Waals surface area contributed by atoms with Crippen LogP contribution in [0.4, 0.5) is 11.5 Å². The molecule has 0 N–H and O–H groups in total. The van der Waals surface area contributed by atoms with Gasteiger partial charge in [-0.1, -0.05) is 12.1 Å². The topological polar surface area (TPSA) is 52.6 Å². The summed E-state index contributed by atoms with van der Waals surface area (Å²) in [6.07, 6.45) is 5.60. The number of hydrogen-bond donors (Lipinski definition) is 0. The van der Waals surface area contributed by atoms with Crippen LogP contribution < -0.4 is 9.80 Å². The van der Waals surface area contributed by atoms with Crippen molar-refractivity contribution < 1.29 is 4.79 Å². The van der Waals surface area contributed by atoms with Crippen molar-refractivity contribution in [2.75, 3.05) is 49.1 Å². The van der Waals surface area contributed by atoms with Gasteiger partial charge in [0.25, 0.3) is 5.91 Å². The Kier molecular flexibility index (Phi) is 6.31. The van der Waals surface area contributed by atoms with E-state index in [1.165, 1.54) is 47.4 Å². The highest BCUT2D eigenvalue weighted by atomic mass is 32.1. The number of aromatic nitrogens is 2. The lowest BCUT2D eigenvalue weighted by Crippen LogP contribution is -2.49. The lowest BCUT2D eigenvalue weighted by Gasteiger charge is -2.36. The van der Waals surface area contributed by atoms with E-state index in [4.69, 9.17) is 4.98 Å². The first-order chi connectivity index (χ1) is 16.1. The molecule has 1 amide bonds. The maximum absolute atomic E-state index is 13.2. The van der Waals surface area contributed by atoms with Gasteiger partial charge in [0.15, 0.2) is 0 Å². The molecule has 172 valence electrons. The van der Waals surface area contributed by atoms with Gasteiger partial charge in [0.05, 0.1) is 0 Å². The van der Waals surface area contributed by atoms with Gasteiger partial charge in [-0.2, -0.15) is 0 Å². The smallest absolute Gasteiger partial charge is 0.273 e. The fourth-order valence-electron chi connectivity index (χ4n) is 4.74. The van der Waals surface area contributed by atoms with Crippen LogP contribution in [0.3, 0.4) is 0 Å². The van der Waals surface area contributed by atoms with Crippen molar-refractivity contribution in [2.45, 2.75) is 33.1 Å². The fraction of sp³-hybridized carbons (Fsp3) is 0.423. The molecule has 1 aromatic carbocycles. The number of hydrogen-bond acceptors (Lipinski definition) is 6. The molecule has 0 saturated carbocycles. The lowest BCUT2D eigenvalue weighted by molar-refractivity contribution is 0.0742. The number of carbonyl (C=O) groups excluding carboxylic acids is 1. The molecule has 2 saturated heterocycles. The van der Waals surface area contributed by atoms with E-state index in [-0.39, 0.29) is 5.91 Å². The predicted molar refractivity (Wildman–Crippen MR) is 135 cm³/mol. The Bertz CT molecular complexity index is 1130. The van der Waals surface area contributed by atoms with E-state index in [0.29, 0.717) is 18.8 Å². The van der Waals surface area contributed by atoms with Crippen LogP contribution in [0.1, 0.15) is 40.9 Å². The average molecular weight is 462 g/mol. The van der Waals surface area contributed by atoms with E-state index in [1.54, 1.807) is 0 Å². The van der Waals surface area contributed by atoms with E-state index in [9.17, 15) is 4.79 Å². The van der Waals surface area contributed by atoms with Crippen molar-refractivity contribution in [1.82, 2.24) is 14.9 Å². The number of piperidine rings is 1. The van der Waals surface area contributed by atoms with Gasteiger partial charge in [0, 0.05) is 62.1 Å². The molecule has 6 nitrogen and oxygen atoms in total. The van der Waals surface area contributed by atoms with Gasteiger partial charge in [-0.3, -0.25) is 4.79 Å². The first-order valence-corrected chi connectivity index (χ1v) is 12.8. The second-order valence-corrected chi connectivity index (χ2v) is 9.84. The molecule has 4 heterocycles. The van der Waals surface area contributed by atoms with Gasteiger partial charge in [-0.25, -0.2) is 9.97 Å². The number of carbonyl (C=O) groups is 1. The van der Waals surface area contributed by atoms with Crippen molar-refractivity contribution in [2.24, 2.45) is 0 Å². The summed E-state index contributed by atoms with van der Waals surface area (Å²) in [6.45, 7) is 9.57.